The van der Waals surface area contributed by atoms with Crippen LogP contribution >= 0.6 is 12.4 Å². The fraction of sp³-hybridized carbons (Fsp3) is 0.588. The Bertz CT molecular complexity index is 810. The highest BCUT2D eigenvalue weighted by Gasteiger charge is 2.38. The number of carbonyl (C=O) groups is 1. The number of halogens is 1. The Morgan fingerprint density at radius 2 is 1.86 bits per heavy atom. The number of non-ortho nitro benzene ring substituents is 1. The van der Waals surface area contributed by atoms with Gasteiger partial charge in [0.1, 0.15) is 10.6 Å². The summed E-state index contributed by atoms with van der Waals surface area (Å²) in [4.78, 5) is 22.1. The Kier molecular flexibility index (Phi) is 9.35. The number of nitro groups is 1. The summed E-state index contributed by atoms with van der Waals surface area (Å²) in [5, 5.41) is 11.1. The Hall–Kier alpha value is -1.91. The largest absolute Gasteiger partial charge is 0.495 e. The van der Waals surface area contributed by atoms with Crippen LogP contribution in [0.3, 0.4) is 0 Å². The quantitative estimate of drug-likeness (QED) is 0.330. The lowest BCUT2D eigenvalue weighted by Crippen LogP contribution is -2.44. The van der Waals surface area contributed by atoms with Crippen molar-refractivity contribution >= 4 is 34.1 Å². The van der Waals surface area contributed by atoms with Gasteiger partial charge in [-0.15, -0.1) is 12.4 Å². The number of methoxy groups -OCH3 is 2. The monoisotopic (exact) mass is 438 g/mol. The Morgan fingerprint density at radius 3 is 2.29 bits per heavy atom. The molecule has 0 radical (unpaired) electrons. The standard InChI is InChI=1S/C17H26N2O7S.ClH/c1-12(2)10-18(11-17(3,4)16(20)26-6)27(23,24)15-9-13(19(21)22)7-8-14(15)25-5;/h7-9,12H,10-11H2,1-6H3;1H. The molecule has 0 aliphatic carbocycles. The fourth-order valence-electron chi connectivity index (χ4n) is 2.56. The van der Waals surface area contributed by atoms with Crippen molar-refractivity contribution < 1.29 is 27.6 Å². The SMILES string of the molecule is COC(=O)C(C)(C)CN(CC(C)C)S(=O)(=O)c1cc([N+](=O)[O-])ccc1OC.Cl. The van der Waals surface area contributed by atoms with E-state index in [-0.39, 0.29) is 47.7 Å². The molecule has 28 heavy (non-hydrogen) atoms. The number of ether oxygens (including phenoxy) is 2. The van der Waals surface area contributed by atoms with E-state index in [0.717, 1.165) is 10.4 Å². The van der Waals surface area contributed by atoms with Crippen molar-refractivity contribution in [3.63, 3.8) is 0 Å². The summed E-state index contributed by atoms with van der Waals surface area (Å²) in [6.45, 7) is 6.79. The molecule has 9 nitrogen and oxygen atoms in total. The van der Waals surface area contributed by atoms with Gasteiger partial charge in [-0.1, -0.05) is 13.8 Å². The van der Waals surface area contributed by atoms with Crippen LogP contribution in [0.15, 0.2) is 23.1 Å². The predicted molar refractivity (Wildman–Crippen MR) is 106 cm³/mol. The van der Waals surface area contributed by atoms with Crippen LogP contribution in [0.4, 0.5) is 5.69 Å². The van der Waals surface area contributed by atoms with E-state index in [1.165, 1.54) is 26.4 Å². The van der Waals surface area contributed by atoms with Crippen molar-refractivity contribution in [1.82, 2.24) is 4.31 Å². The molecule has 0 aliphatic heterocycles. The highest BCUT2D eigenvalue weighted by Crippen LogP contribution is 2.32. The molecule has 1 aromatic rings. The molecular weight excluding hydrogens is 412 g/mol. The maximum Gasteiger partial charge on any atom is 0.312 e. The summed E-state index contributed by atoms with van der Waals surface area (Å²) in [7, 11) is -1.66. The molecule has 11 heteroatoms. The molecule has 0 saturated heterocycles. The number of esters is 1. The van der Waals surface area contributed by atoms with E-state index in [4.69, 9.17) is 9.47 Å². The summed E-state index contributed by atoms with van der Waals surface area (Å²) < 4.78 is 37.6. The van der Waals surface area contributed by atoms with Crippen LogP contribution < -0.4 is 4.74 Å². The van der Waals surface area contributed by atoms with E-state index in [0.29, 0.717) is 0 Å². The summed E-state index contributed by atoms with van der Waals surface area (Å²) in [6.07, 6.45) is 0. The van der Waals surface area contributed by atoms with Crippen molar-refractivity contribution in [3.8, 4) is 5.75 Å². The van der Waals surface area contributed by atoms with Crippen LogP contribution in [0.5, 0.6) is 5.75 Å². The lowest BCUT2D eigenvalue weighted by Gasteiger charge is -2.31. The highest BCUT2D eigenvalue weighted by atomic mass is 35.5. The van der Waals surface area contributed by atoms with Crippen molar-refractivity contribution in [2.45, 2.75) is 32.6 Å². The molecule has 0 saturated carbocycles. The minimum absolute atomic E-state index is 0. The van der Waals surface area contributed by atoms with Crippen LogP contribution in [0.2, 0.25) is 0 Å². The molecule has 1 rings (SSSR count). The summed E-state index contributed by atoms with van der Waals surface area (Å²) in [6, 6.07) is 3.37. The zero-order valence-electron chi connectivity index (χ0n) is 16.8. The molecule has 0 bridgehead atoms. The van der Waals surface area contributed by atoms with Gasteiger partial charge in [-0.3, -0.25) is 14.9 Å². The van der Waals surface area contributed by atoms with Gasteiger partial charge in [-0.2, -0.15) is 4.31 Å². The molecule has 0 amide bonds. The molecule has 0 aromatic heterocycles. The Labute approximate surface area is 171 Å². The van der Waals surface area contributed by atoms with Crippen molar-refractivity contribution in [1.29, 1.82) is 0 Å². The maximum absolute atomic E-state index is 13.3. The minimum Gasteiger partial charge on any atom is -0.495 e. The molecule has 160 valence electrons. The van der Waals surface area contributed by atoms with E-state index in [1.807, 2.05) is 13.8 Å². The van der Waals surface area contributed by atoms with Crippen molar-refractivity contribution in [2.24, 2.45) is 11.3 Å². The molecule has 0 aliphatic rings. The number of nitrogens with zero attached hydrogens (tertiary/aromatic N) is 2. The fourth-order valence-corrected chi connectivity index (χ4v) is 4.50. The van der Waals surface area contributed by atoms with Gasteiger partial charge in [-0.05, 0) is 25.8 Å². The normalized spacial score (nSPS) is 11.9. The van der Waals surface area contributed by atoms with Gasteiger partial charge in [0.2, 0.25) is 10.0 Å². The van der Waals surface area contributed by atoms with Gasteiger partial charge >= 0.3 is 5.97 Å². The molecule has 0 N–H and O–H groups in total. The van der Waals surface area contributed by atoms with E-state index in [1.54, 1.807) is 13.8 Å². The topological polar surface area (TPSA) is 116 Å². The smallest absolute Gasteiger partial charge is 0.312 e. The predicted octanol–water partition coefficient (Wildman–Crippen LogP) is 2.87. The van der Waals surface area contributed by atoms with Gasteiger partial charge in [-0.25, -0.2) is 8.42 Å². The molecule has 0 atom stereocenters. The number of nitro benzene ring substituents is 1. The zero-order chi connectivity index (χ0) is 21.0. The minimum atomic E-state index is -4.17. The third kappa shape index (κ3) is 6.05. The first-order chi connectivity index (χ1) is 12.4. The molecule has 0 fully saturated rings. The molecule has 0 spiro atoms. The van der Waals surface area contributed by atoms with E-state index >= 15 is 0 Å². The summed E-state index contributed by atoms with van der Waals surface area (Å²) in [5.74, 6) is -0.611. The van der Waals surface area contributed by atoms with Gasteiger partial charge in [0, 0.05) is 25.2 Å². The second kappa shape index (κ2) is 10.0. The lowest BCUT2D eigenvalue weighted by atomic mass is 9.93. The number of hydrogen-bond acceptors (Lipinski definition) is 7. The van der Waals surface area contributed by atoms with Crippen LogP contribution in [0.25, 0.3) is 0 Å². The van der Waals surface area contributed by atoms with Crippen LogP contribution in [-0.4, -0.2) is 50.9 Å². The molecular formula is C17H27ClN2O7S. The average molecular weight is 439 g/mol. The third-order valence-corrected chi connectivity index (χ3v) is 5.69. The summed E-state index contributed by atoms with van der Waals surface area (Å²) >= 11 is 0. The van der Waals surface area contributed by atoms with Gasteiger partial charge < -0.3 is 9.47 Å². The highest BCUT2D eigenvalue weighted by molar-refractivity contribution is 7.89. The maximum atomic E-state index is 13.3. The number of hydrogen-bond donors (Lipinski definition) is 0. The van der Waals surface area contributed by atoms with E-state index in [2.05, 4.69) is 0 Å². The van der Waals surface area contributed by atoms with Crippen LogP contribution in [0.1, 0.15) is 27.7 Å². The second-order valence-corrected chi connectivity index (χ2v) is 9.07. The number of carbonyl (C=O) groups excluding carboxylic acids is 1. The molecule has 0 heterocycles. The Balaban J connectivity index is 0.00000729. The summed E-state index contributed by atoms with van der Waals surface area (Å²) in [5.41, 5.74) is -1.48. The van der Waals surface area contributed by atoms with Crippen molar-refractivity contribution in [2.75, 3.05) is 27.3 Å². The molecule has 1 aromatic carbocycles. The average Bonchev–Trinajstić information content (AvgIpc) is 2.58. The van der Waals surface area contributed by atoms with Crippen LogP contribution in [0, 0.1) is 21.4 Å². The third-order valence-electron chi connectivity index (χ3n) is 3.85. The first-order valence-electron chi connectivity index (χ1n) is 8.27. The Morgan fingerprint density at radius 1 is 1.29 bits per heavy atom. The van der Waals surface area contributed by atoms with Gasteiger partial charge in [0.05, 0.1) is 24.6 Å². The first-order valence-corrected chi connectivity index (χ1v) is 9.71. The van der Waals surface area contributed by atoms with E-state index < -0.39 is 26.3 Å². The van der Waals surface area contributed by atoms with Gasteiger partial charge in [0.15, 0.2) is 0 Å². The number of rotatable bonds is 9. The van der Waals surface area contributed by atoms with E-state index in [9.17, 15) is 23.3 Å². The molecule has 0 unspecified atom stereocenters. The van der Waals surface area contributed by atoms with Crippen molar-refractivity contribution in [3.05, 3.63) is 28.3 Å². The van der Waals surface area contributed by atoms with Gasteiger partial charge in [0.25, 0.3) is 5.69 Å². The second-order valence-electron chi connectivity index (χ2n) is 7.16. The number of sulfonamides is 1. The number of benzene rings is 1. The van der Waals surface area contributed by atoms with Crippen LogP contribution in [-0.2, 0) is 19.6 Å². The lowest BCUT2D eigenvalue weighted by molar-refractivity contribution is -0.385. The zero-order valence-corrected chi connectivity index (χ0v) is 18.4. The first kappa shape index (κ1) is 26.1.